The number of hydrogen-bond acceptors (Lipinski definition) is 3. The predicted octanol–water partition coefficient (Wildman–Crippen LogP) is 3.02. The van der Waals surface area contributed by atoms with Gasteiger partial charge in [0.05, 0.1) is 6.42 Å². The molecule has 0 saturated carbocycles. The van der Waals surface area contributed by atoms with Crippen molar-refractivity contribution in [3.05, 3.63) is 75.4 Å². The fourth-order valence-corrected chi connectivity index (χ4v) is 3.04. The number of carbonyl (C=O) groups excluding carboxylic acids is 2. The van der Waals surface area contributed by atoms with Crippen LogP contribution in [0.25, 0.3) is 10.8 Å². The number of halogens is 2. The summed E-state index contributed by atoms with van der Waals surface area (Å²) in [5.74, 6) is -1.64. The van der Waals surface area contributed by atoms with E-state index in [1.807, 2.05) is 0 Å². The van der Waals surface area contributed by atoms with Crippen LogP contribution in [0.3, 0.4) is 0 Å². The Balaban J connectivity index is 1.91. The van der Waals surface area contributed by atoms with E-state index in [0.29, 0.717) is 16.5 Å². The molecule has 0 aliphatic carbocycles. The molecule has 3 N–H and O–H groups in total. The number of rotatable bonds is 5. The number of anilines is 1. The van der Waals surface area contributed by atoms with Crippen LogP contribution in [0.1, 0.15) is 18.5 Å². The highest BCUT2D eigenvalue weighted by Crippen LogP contribution is 2.22. The maximum absolute atomic E-state index is 13.9. The van der Waals surface area contributed by atoms with Crippen molar-refractivity contribution in [3.63, 3.8) is 0 Å². The van der Waals surface area contributed by atoms with Gasteiger partial charge in [0.15, 0.2) is 0 Å². The van der Waals surface area contributed by atoms with Crippen molar-refractivity contribution in [1.29, 1.82) is 0 Å². The fourth-order valence-electron chi connectivity index (χ4n) is 2.88. The Bertz CT molecular complexity index is 1140. The zero-order chi connectivity index (χ0) is 20.4. The van der Waals surface area contributed by atoms with E-state index in [1.165, 1.54) is 29.8 Å². The Morgan fingerprint density at radius 2 is 1.96 bits per heavy atom. The third-order valence-corrected chi connectivity index (χ3v) is 4.68. The fraction of sp³-hybridized carbons (Fsp3) is 0.150. The van der Waals surface area contributed by atoms with Crippen LogP contribution < -0.4 is 16.6 Å². The maximum Gasteiger partial charge on any atom is 0.259 e. The summed E-state index contributed by atoms with van der Waals surface area (Å²) in [5.41, 5.74) is 5.50. The van der Waals surface area contributed by atoms with Gasteiger partial charge in [-0.05, 0) is 42.8 Å². The summed E-state index contributed by atoms with van der Waals surface area (Å²) in [5, 5.41) is 3.77. The highest BCUT2D eigenvalue weighted by molar-refractivity contribution is 6.30. The van der Waals surface area contributed by atoms with E-state index < -0.39 is 29.2 Å². The van der Waals surface area contributed by atoms with Crippen molar-refractivity contribution in [1.82, 2.24) is 4.57 Å². The van der Waals surface area contributed by atoms with Crippen molar-refractivity contribution in [2.75, 3.05) is 5.32 Å². The van der Waals surface area contributed by atoms with Crippen molar-refractivity contribution < 1.29 is 14.0 Å². The second-order valence-corrected chi connectivity index (χ2v) is 6.77. The smallest absolute Gasteiger partial charge is 0.259 e. The molecule has 0 aliphatic rings. The van der Waals surface area contributed by atoms with Gasteiger partial charge in [-0.15, -0.1) is 0 Å². The Hall–Kier alpha value is -3.19. The molecule has 28 heavy (non-hydrogen) atoms. The molecular weight excluding hydrogens is 385 g/mol. The van der Waals surface area contributed by atoms with Crippen molar-refractivity contribution in [2.24, 2.45) is 5.73 Å². The molecule has 1 heterocycles. The molecule has 0 bridgehead atoms. The molecule has 2 amide bonds. The number of benzene rings is 2. The van der Waals surface area contributed by atoms with Crippen molar-refractivity contribution >= 4 is 39.9 Å². The molecule has 0 aliphatic heterocycles. The van der Waals surface area contributed by atoms with Gasteiger partial charge in [0, 0.05) is 27.7 Å². The van der Waals surface area contributed by atoms with Crippen LogP contribution in [0, 0.1) is 5.82 Å². The van der Waals surface area contributed by atoms with Crippen LogP contribution in [-0.4, -0.2) is 16.4 Å². The first kappa shape index (κ1) is 19.6. The minimum Gasteiger partial charge on any atom is -0.368 e. The molecule has 0 unspecified atom stereocenters. The van der Waals surface area contributed by atoms with Gasteiger partial charge < -0.3 is 15.6 Å². The standard InChI is InChI=1S/C20H17ClFN3O3/c1-11(19(23)27)25-8-7-14-15(20(25)28)3-2-4-17(14)24-18(26)9-12-5-6-13(21)10-16(12)22/h2-8,10-11H,9H2,1H3,(H2,23,27)(H,24,26)/t11-/m0/s1. The van der Waals surface area contributed by atoms with Gasteiger partial charge in [0.25, 0.3) is 5.56 Å². The minimum atomic E-state index is -0.803. The molecule has 144 valence electrons. The number of pyridine rings is 1. The van der Waals surface area contributed by atoms with Gasteiger partial charge in [-0.3, -0.25) is 14.4 Å². The van der Waals surface area contributed by atoms with Crippen LogP contribution in [0.2, 0.25) is 5.02 Å². The second-order valence-electron chi connectivity index (χ2n) is 6.33. The number of nitrogens with one attached hydrogen (secondary N) is 1. The lowest BCUT2D eigenvalue weighted by Crippen LogP contribution is -2.31. The third-order valence-electron chi connectivity index (χ3n) is 4.44. The number of nitrogens with two attached hydrogens (primary N) is 1. The lowest BCUT2D eigenvalue weighted by atomic mass is 10.1. The molecule has 1 atom stereocenters. The first-order valence-electron chi connectivity index (χ1n) is 8.45. The largest absolute Gasteiger partial charge is 0.368 e. The van der Waals surface area contributed by atoms with E-state index in [0.717, 1.165) is 6.07 Å². The van der Waals surface area contributed by atoms with Gasteiger partial charge in [0.2, 0.25) is 11.8 Å². The van der Waals surface area contributed by atoms with E-state index >= 15 is 0 Å². The van der Waals surface area contributed by atoms with E-state index in [2.05, 4.69) is 5.32 Å². The number of primary amides is 1. The van der Waals surface area contributed by atoms with Crippen LogP contribution in [0.4, 0.5) is 10.1 Å². The summed E-state index contributed by atoms with van der Waals surface area (Å²) in [6.45, 7) is 1.53. The van der Waals surface area contributed by atoms with E-state index in [9.17, 15) is 18.8 Å². The number of nitrogens with zero attached hydrogens (tertiary/aromatic N) is 1. The van der Waals surface area contributed by atoms with Crippen LogP contribution in [0.15, 0.2) is 53.5 Å². The topological polar surface area (TPSA) is 94.2 Å². The molecular formula is C20H17ClFN3O3. The quantitative estimate of drug-likeness (QED) is 0.688. The Morgan fingerprint density at radius 3 is 2.64 bits per heavy atom. The summed E-state index contributed by atoms with van der Waals surface area (Å²) in [7, 11) is 0. The van der Waals surface area contributed by atoms with Crippen molar-refractivity contribution in [2.45, 2.75) is 19.4 Å². The number of hydrogen-bond donors (Lipinski definition) is 2. The summed E-state index contributed by atoms with van der Waals surface area (Å²) in [6.07, 6.45) is 1.27. The predicted molar refractivity (Wildman–Crippen MR) is 106 cm³/mol. The molecule has 8 heteroatoms. The molecule has 3 aromatic rings. The molecule has 0 spiro atoms. The SMILES string of the molecule is C[C@@H](C(N)=O)n1ccc2c(NC(=O)Cc3ccc(Cl)cc3F)cccc2c1=O. The molecule has 0 radical (unpaired) electrons. The summed E-state index contributed by atoms with van der Waals surface area (Å²) < 4.78 is 15.1. The highest BCUT2D eigenvalue weighted by Gasteiger charge is 2.16. The number of amides is 2. The van der Waals surface area contributed by atoms with E-state index in [1.54, 1.807) is 24.3 Å². The molecule has 3 rings (SSSR count). The summed E-state index contributed by atoms with van der Waals surface area (Å²) in [6, 6.07) is 9.76. The Kier molecular flexibility index (Phi) is 5.46. The Morgan fingerprint density at radius 1 is 1.21 bits per heavy atom. The van der Waals surface area contributed by atoms with E-state index in [4.69, 9.17) is 17.3 Å². The van der Waals surface area contributed by atoms with Gasteiger partial charge >= 0.3 is 0 Å². The van der Waals surface area contributed by atoms with Crippen LogP contribution >= 0.6 is 11.6 Å². The molecule has 2 aromatic carbocycles. The Labute approximate surface area is 164 Å². The monoisotopic (exact) mass is 401 g/mol. The van der Waals surface area contributed by atoms with Gasteiger partial charge in [-0.25, -0.2) is 4.39 Å². The number of aromatic nitrogens is 1. The van der Waals surface area contributed by atoms with Crippen molar-refractivity contribution in [3.8, 4) is 0 Å². The van der Waals surface area contributed by atoms with Gasteiger partial charge in [0.1, 0.15) is 11.9 Å². The number of carbonyl (C=O) groups is 2. The number of fused-ring (bicyclic) bond motifs is 1. The molecule has 1 aromatic heterocycles. The van der Waals surface area contributed by atoms with Crippen LogP contribution in [0.5, 0.6) is 0 Å². The molecule has 0 saturated heterocycles. The maximum atomic E-state index is 13.9. The highest BCUT2D eigenvalue weighted by atomic mass is 35.5. The van der Waals surface area contributed by atoms with Crippen LogP contribution in [-0.2, 0) is 16.0 Å². The summed E-state index contributed by atoms with van der Waals surface area (Å²) >= 11 is 5.72. The normalized spacial score (nSPS) is 12.0. The molecule has 6 nitrogen and oxygen atoms in total. The van der Waals surface area contributed by atoms with Gasteiger partial charge in [-0.1, -0.05) is 23.7 Å². The third kappa shape index (κ3) is 3.89. The molecule has 0 fully saturated rings. The zero-order valence-electron chi connectivity index (χ0n) is 14.9. The zero-order valence-corrected chi connectivity index (χ0v) is 15.7. The van der Waals surface area contributed by atoms with E-state index in [-0.39, 0.29) is 17.0 Å². The lowest BCUT2D eigenvalue weighted by Gasteiger charge is -2.14. The second kappa shape index (κ2) is 7.82. The first-order valence-corrected chi connectivity index (χ1v) is 8.82. The lowest BCUT2D eigenvalue weighted by molar-refractivity contribution is -0.120. The van der Waals surface area contributed by atoms with Gasteiger partial charge in [-0.2, -0.15) is 0 Å². The average molecular weight is 402 g/mol. The first-order chi connectivity index (χ1) is 13.3. The minimum absolute atomic E-state index is 0.185. The average Bonchev–Trinajstić information content (AvgIpc) is 2.64. The summed E-state index contributed by atoms with van der Waals surface area (Å²) in [4.78, 5) is 36.4.